The SMILES string of the molecule is [Br-].[Br-].[NH]=[Ni+2]=[NH]. The van der Waals surface area contributed by atoms with Gasteiger partial charge in [-0.3, -0.25) is 0 Å². The summed E-state index contributed by atoms with van der Waals surface area (Å²) in [5.74, 6) is 0. The molecular formula is H2Br2N2Ni. The first-order chi connectivity index (χ1) is 1.41. The molecule has 0 amide bonds. The zero-order valence-electron chi connectivity index (χ0n) is 2.07. The van der Waals surface area contributed by atoms with Crippen LogP contribution in [0.3, 0.4) is 0 Å². The van der Waals surface area contributed by atoms with Gasteiger partial charge in [-0.1, -0.05) is 0 Å². The Kier molecular flexibility index (Phi) is 65.3. The summed E-state index contributed by atoms with van der Waals surface area (Å²) in [6.07, 6.45) is 0. The molecule has 0 aromatic carbocycles. The zero-order valence-corrected chi connectivity index (χ0v) is 6.23. The second-order valence-corrected chi connectivity index (χ2v) is 0.326. The Morgan fingerprint density at radius 3 is 1.00 bits per heavy atom. The maximum absolute atomic E-state index is 5.81. The molecule has 0 saturated heterocycles. The van der Waals surface area contributed by atoms with Crippen molar-refractivity contribution in [2.75, 3.05) is 0 Å². The number of nitrogens with one attached hydrogen (secondary N) is 2. The van der Waals surface area contributed by atoms with E-state index in [9.17, 15) is 0 Å². The molecule has 5 heteroatoms. The predicted octanol–water partition coefficient (Wildman–Crippen LogP) is -5.40. The maximum atomic E-state index is 5.81. The standard InChI is InChI=1S/2BrH.2HN.Ni/h4*1H;/q;;;;+2/p-2. The van der Waals surface area contributed by atoms with Gasteiger partial charge in [0.15, 0.2) is 0 Å². The van der Waals surface area contributed by atoms with Crippen LogP contribution in [-0.2, 0) is 14.0 Å². The minimum atomic E-state index is 0. The third kappa shape index (κ3) is 42.5. The van der Waals surface area contributed by atoms with Crippen molar-refractivity contribution in [3.05, 3.63) is 0 Å². The number of hydrogen-bond acceptors (Lipinski definition) is 2. The Balaban J connectivity index is -0.0000000200. The molecule has 0 aliphatic carbocycles. The fourth-order valence-electron chi connectivity index (χ4n) is 0. The summed E-state index contributed by atoms with van der Waals surface area (Å²) in [7, 11) is 0. The molecule has 0 aliphatic heterocycles. The third-order valence-electron chi connectivity index (χ3n) is 0. The van der Waals surface area contributed by atoms with Crippen LogP contribution in [-0.4, -0.2) is 0 Å². The van der Waals surface area contributed by atoms with Crippen LogP contribution in [0.15, 0.2) is 0 Å². The van der Waals surface area contributed by atoms with Crippen molar-refractivity contribution in [1.29, 1.82) is 8.89 Å². The monoisotopic (exact) mass is 246 g/mol. The molecule has 0 atom stereocenters. The van der Waals surface area contributed by atoms with Crippen LogP contribution in [0.5, 0.6) is 0 Å². The molecule has 0 bridgehead atoms. The molecule has 2 nitrogen and oxygen atoms in total. The average molecular weight is 249 g/mol. The Labute approximate surface area is 56.9 Å². The second kappa shape index (κ2) is 19.7. The first kappa shape index (κ1) is 16.6. The molecule has 5 heavy (non-hydrogen) atoms. The second-order valence-electron chi connectivity index (χ2n) is 0.0791. The minimum absolute atomic E-state index is 0. The number of rotatable bonds is 0. The van der Waals surface area contributed by atoms with Crippen LogP contribution in [0, 0.1) is 8.89 Å². The van der Waals surface area contributed by atoms with Gasteiger partial charge in [0.25, 0.3) is 0 Å². The molecule has 0 aromatic heterocycles. The summed E-state index contributed by atoms with van der Waals surface area (Å²) in [5.41, 5.74) is 0. The van der Waals surface area contributed by atoms with Crippen LogP contribution in [0.25, 0.3) is 0 Å². The Morgan fingerprint density at radius 1 is 1.00 bits per heavy atom. The van der Waals surface area contributed by atoms with Crippen molar-refractivity contribution >= 4 is 0 Å². The van der Waals surface area contributed by atoms with E-state index in [1.807, 2.05) is 0 Å². The fraction of sp³-hybridized carbons (Fsp3) is 0. The zero-order chi connectivity index (χ0) is 2.71. The molecular weight excluding hydrogens is 247 g/mol. The number of halogens is 2. The van der Waals surface area contributed by atoms with E-state index >= 15 is 0 Å². The van der Waals surface area contributed by atoms with Gasteiger partial charge >= 0.3 is 22.9 Å². The van der Waals surface area contributed by atoms with E-state index in [2.05, 4.69) is 0 Å². The molecule has 0 saturated carbocycles. The van der Waals surface area contributed by atoms with Crippen molar-refractivity contribution < 1.29 is 48.0 Å². The van der Waals surface area contributed by atoms with Gasteiger partial charge in [-0.25, -0.2) is 0 Å². The summed E-state index contributed by atoms with van der Waals surface area (Å²) in [6.45, 7) is 0. The van der Waals surface area contributed by atoms with E-state index in [-0.39, 0.29) is 48.0 Å². The van der Waals surface area contributed by atoms with E-state index in [1.54, 1.807) is 0 Å². The molecule has 2 N–H and O–H groups in total. The molecule has 0 aromatic rings. The van der Waals surface area contributed by atoms with Gasteiger partial charge in [0.05, 0.1) is 0 Å². The van der Waals surface area contributed by atoms with E-state index in [1.165, 1.54) is 0 Å². The summed E-state index contributed by atoms with van der Waals surface area (Å²) in [5, 5.41) is 0. The Hall–Kier alpha value is 1.05. The van der Waals surface area contributed by atoms with Crippen molar-refractivity contribution in [3.63, 3.8) is 0 Å². The molecule has 0 heterocycles. The summed E-state index contributed by atoms with van der Waals surface area (Å²) >= 11 is 0.125. The first-order valence-corrected chi connectivity index (χ1v) is 1.30. The van der Waals surface area contributed by atoms with E-state index in [4.69, 9.17) is 8.89 Å². The van der Waals surface area contributed by atoms with Crippen LogP contribution in [0.1, 0.15) is 0 Å². The quantitative estimate of drug-likeness (QED) is 0.402. The van der Waals surface area contributed by atoms with Crippen LogP contribution in [0.2, 0.25) is 0 Å². The summed E-state index contributed by atoms with van der Waals surface area (Å²) in [4.78, 5) is 0. The summed E-state index contributed by atoms with van der Waals surface area (Å²) in [6, 6.07) is 0. The van der Waals surface area contributed by atoms with Crippen LogP contribution in [0.4, 0.5) is 0 Å². The van der Waals surface area contributed by atoms with Gasteiger partial charge in [0.1, 0.15) is 0 Å². The molecule has 0 unspecified atom stereocenters. The van der Waals surface area contributed by atoms with Crippen molar-refractivity contribution in [3.8, 4) is 0 Å². The van der Waals surface area contributed by atoms with E-state index in [0.29, 0.717) is 0 Å². The molecule has 0 fully saturated rings. The molecule has 0 rings (SSSR count). The van der Waals surface area contributed by atoms with Gasteiger partial charge in [-0.2, -0.15) is 0 Å². The van der Waals surface area contributed by atoms with Crippen LogP contribution < -0.4 is 34.0 Å². The first-order valence-electron chi connectivity index (χ1n) is 0.316. The predicted molar refractivity (Wildman–Crippen MR) is 5.44 cm³/mol. The normalized spacial score (nSPS) is 3.20. The average Bonchev–Trinajstić information content (AvgIpc) is 0.918. The number of hydrogen-bond donors (Lipinski definition) is 2. The van der Waals surface area contributed by atoms with Crippen molar-refractivity contribution in [1.82, 2.24) is 0 Å². The molecule has 0 aliphatic rings. The van der Waals surface area contributed by atoms with E-state index < -0.39 is 0 Å². The van der Waals surface area contributed by atoms with Crippen molar-refractivity contribution in [2.24, 2.45) is 0 Å². The molecule has 36 valence electrons. The van der Waals surface area contributed by atoms with Crippen molar-refractivity contribution in [2.45, 2.75) is 0 Å². The topological polar surface area (TPSA) is 47.7 Å². The van der Waals surface area contributed by atoms with Crippen LogP contribution >= 0.6 is 0 Å². The van der Waals surface area contributed by atoms with Gasteiger partial charge < -0.3 is 34.0 Å². The summed E-state index contributed by atoms with van der Waals surface area (Å²) < 4.78 is 11.6. The van der Waals surface area contributed by atoms with Gasteiger partial charge in [0.2, 0.25) is 0 Å². The van der Waals surface area contributed by atoms with Gasteiger partial charge in [0, 0.05) is 0 Å². The van der Waals surface area contributed by atoms with E-state index in [0.717, 1.165) is 0 Å². The Morgan fingerprint density at radius 2 is 1.00 bits per heavy atom. The third-order valence-corrected chi connectivity index (χ3v) is 0. The van der Waals surface area contributed by atoms with Gasteiger partial charge in [-0.15, -0.1) is 0 Å². The van der Waals surface area contributed by atoms with Gasteiger partial charge in [-0.05, 0) is 0 Å². The fourth-order valence-corrected chi connectivity index (χ4v) is 0. The Bertz CT molecular complexity index is 28.6. The molecule has 0 spiro atoms. The molecule has 0 radical (unpaired) electrons.